The lowest BCUT2D eigenvalue weighted by Crippen LogP contribution is -2.36. The van der Waals surface area contributed by atoms with E-state index in [9.17, 15) is 5.26 Å². The molecule has 3 nitrogen and oxygen atoms in total. The summed E-state index contributed by atoms with van der Waals surface area (Å²) in [6.45, 7) is 7.11. The van der Waals surface area contributed by atoms with Crippen molar-refractivity contribution < 1.29 is 4.74 Å². The monoisotopic (exact) mass is 272 g/mol. The average molecular weight is 272 g/mol. The third-order valence-corrected chi connectivity index (χ3v) is 3.82. The number of rotatable bonds is 5. The lowest BCUT2D eigenvalue weighted by Gasteiger charge is -2.34. The molecule has 1 aliphatic heterocycles. The van der Waals surface area contributed by atoms with Crippen molar-refractivity contribution in [1.29, 1.82) is 5.26 Å². The van der Waals surface area contributed by atoms with Gasteiger partial charge in [0.05, 0.1) is 12.7 Å². The van der Waals surface area contributed by atoms with E-state index in [1.807, 2.05) is 24.3 Å². The first-order chi connectivity index (χ1) is 9.74. The molecule has 0 saturated carbocycles. The van der Waals surface area contributed by atoms with Crippen molar-refractivity contribution in [3.63, 3.8) is 0 Å². The van der Waals surface area contributed by atoms with Gasteiger partial charge >= 0.3 is 0 Å². The van der Waals surface area contributed by atoms with Gasteiger partial charge in [-0.1, -0.05) is 26.0 Å². The van der Waals surface area contributed by atoms with Gasteiger partial charge in [-0.3, -0.25) is 4.90 Å². The second kappa shape index (κ2) is 7.31. The first-order valence-electron chi connectivity index (χ1n) is 7.61. The Morgan fingerprint density at radius 1 is 1.50 bits per heavy atom. The normalized spacial score (nSPS) is 21.1. The van der Waals surface area contributed by atoms with Gasteiger partial charge in [-0.2, -0.15) is 5.26 Å². The Kier molecular flexibility index (Phi) is 5.43. The van der Waals surface area contributed by atoms with Crippen LogP contribution >= 0.6 is 0 Å². The van der Waals surface area contributed by atoms with Crippen LogP contribution < -0.4 is 4.74 Å². The Morgan fingerprint density at radius 3 is 3.05 bits per heavy atom. The predicted molar refractivity (Wildman–Crippen MR) is 80.6 cm³/mol. The molecule has 1 heterocycles. The van der Waals surface area contributed by atoms with Gasteiger partial charge in [0, 0.05) is 6.54 Å². The van der Waals surface area contributed by atoms with Crippen LogP contribution in [0.15, 0.2) is 24.3 Å². The number of likely N-dealkylation sites (tertiary alicyclic amines) is 1. The minimum atomic E-state index is -0.150. The molecule has 0 amide bonds. The van der Waals surface area contributed by atoms with Crippen molar-refractivity contribution in [1.82, 2.24) is 4.90 Å². The van der Waals surface area contributed by atoms with E-state index < -0.39 is 0 Å². The van der Waals surface area contributed by atoms with Gasteiger partial charge in [0.25, 0.3) is 0 Å². The van der Waals surface area contributed by atoms with Crippen LogP contribution in [0.25, 0.3) is 0 Å². The molecule has 108 valence electrons. The van der Waals surface area contributed by atoms with E-state index in [-0.39, 0.29) is 6.04 Å². The third-order valence-electron chi connectivity index (χ3n) is 3.82. The summed E-state index contributed by atoms with van der Waals surface area (Å²) in [5.74, 6) is 1.55. The molecule has 2 rings (SSSR count). The largest absolute Gasteiger partial charge is 0.494 e. The molecule has 0 spiro atoms. The molecule has 20 heavy (non-hydrogen) atoms. The summed E-state index contributed by atoms with van der Waals surface area (Å²) in [7, 11) is 0. The van der Waals surface area contributed by atoms with Crippen molar-refractivity contribution in [3.05, 3.63) is 29.8 Å². The predicted octanol–water partition coefficient (Wildman–Crippen LogP) is 3.77. The molecule has 2 atom stereocenters. The van der Waals surface area contributed by atoms with Gasteiger partial charge in [-0.15, -0.1) is 0 Å². The lowest BCUT2D eigenvalue weighted by atomic mass is 9.96. The van der Waals surface area contributed by atoms with Crippen LogP contribution in [0.1, 0.15) is 44.7 Å². The van der Waals surface area contributed by atoms with Crippen LogP contribution in [0.5, 0.6) is 5.75 Å². The Labute approximate surface area is 122 Å². The van der Waals surface area contributed by atoms with Gasteiger partial charge in [0.2, 0.25) is 0 Å². The highest BCUT2D eigenvalue weighted by atomic mass is 16.5. The molecular formula is C17H24N2O. The van der Waals surface area contributed by atoms with Crippen LogP contribution in [0.3, 0.4) is 0 Å². The molecule has 0 aromatic heterocycles. The van der Waals surface area contributed by atoms with E-state index in [0.717, 1.165) is 37.4 Å². The number of nitriles is 1. The van der Waals surface area contributed by atoms with Crippen molar-refractivity contribution >= 4 is 0 Å². The maximum Gasteiger partial charge on any atom is 0.124 e. The Hall–Kier alpha value is -1.53. The molecule has 0 aliphatic carbocycles. The highest BCUT2D eigenvalue weighted by Crippen LogP contribution is 2.28. The molecule has 0 N–H and O–H groups in total. The van der Waals surface area contributed by atoms with Crippen LogP contribution in [0.2, 0.25) is 0 Å². The highest BCUT2D eigenvalue weighted by molar-refractivity contribution is 5.33. The van der Waals surface area contributed by atoms with Gasteiger partial charge in [0.1, 0.15) is 11.8 Å². The molecular weight excluding hydrogens is 248 g/mol. The van der Waals surface area contributed by atoms with E-state index in [1.54, 1.807) is 0 Å². The summed E-state index contributed by atoms with van der Waals surface area (Å²) in [5.41, 5.74) is 1.05. The van der Waals surface area contributed by atoms with Crippen molar-refractivity contribution in [2.45, 2.75) is 39.2 Å². The van der Waals surface area contributed by atoms with Gasteiger partial charge in [-0.25, -0.2) is 0 Å². The van der Waals surface area contributed by atoms with Crippen LogP contribution in [0.4, 0.5) is 0 Å². The maximum absolute atomic E-state index is 9.55. The fourth-order valence-corrected chi connectivity index (χ4v) is 2.82. The molecule has 0 bridgehead atoms. The Balaban J connectivity index is 2.12. The highest BCUT2D eigenvalue weighted by Gasteiger charge is 2.25. The van der Waals surface area contributed by atoms with Gasteiger partial charge in [-0.05, 0) is 49.4 Å². The molecule has 2 unspecified atom stereocenters. The SMILES string of the molecule is CCCOc1cccc(C(C#N)N2CCCC(C)C2)c1. The zero-order valence-corrected chi connectivity index (χ0v) is 12.5. The summed E-state index contributed by atoms with van der Waals surface area (Å²) in [5, 5.41) is 9.55. The van der Waals surface area contributed by atoms with Crippen LogP contribution in [0, 0.1) is 17.2 Å². The molecule has 3 heteroatoms. The topological polar surface area (TPSA) is 36.3 Å². The van der Waals surface area contributed by atoms with Crippen molar-refractivity contribution in [3.8, 4) is 11.8 Å². The lowest BCUT2D eigenvalue weighted by molar-refractivity contribution is 0.156. The molecule has 1 aromatic rings. The molecule has 1 fully saturated rings. The van der Waals surface area contributed by atoms with E-state index >= 15 is 0 Å². The third kappa shape index (κ3) is 3.74. The first kappa shape index (κ1) is 14.9. The minimum absolute atomic E-state index is 0.150. The second-order valence-corrected chi connectivity index (χ2v) is 5.69. The van der Waals surface area contributed by atoms with Crippen LogP contribution in [-0.2, 0) is 0 Å². The first-order valence-corrected chi connectivity index (χ1v) is 7.61. The van der Waals surface area contributed by atoms with Gasteiger partial charge < -0.3 is 4.74 Å². The van der Waals surface area contributed by atoms with E-state index in [4.69, 9.17) is 4.74 Å². The van der Waals surface area contributed by atoms with E-state index in [1.165, 1.54) is 12.8 Å². The quantitative estimate of drug-likeness (QED) is 0.818. The zero-order chi connectivity index (χ0) is 14.4. The number of nitrogens with zero attached hydrogens (tertiary/aromatic N) is 2. The molecule has 1 saturated heterocycles. The average Bonchev–Trinajstić information content (AvgIpc) is 2.46. The van der Waals surface area contributed by atoms with Crippen molar-refractivity contribution in [2.75, 3.05) is 19.7 Å². The summed E-state index contributed by atoms with van der Waals surface area (Å²) in [6.07, 6.45) is 3.45. The standard InChI is InChI=1S/C17H24N2O/c1-3-10-20-16-8-4-7-15(11-16)17(12-18)19-9-5-6-14(2)13-19/h4,7-8,11,14,17H,3,5-6,9-10,13H2,1-2H3. The van der Waals surface area contributed by atoms with Crippen molar-refractivity contribution in [2.24, 2.45) is 5.92 Å². The molecule has 1 aliphatic rings. The fraction of sp³-hybridized carbons (Fsp3) is 0.588. The maximum atomic E-state index is 9.55. The van der Waals surface area contributed by atoms with E-state index in [2.05, 4.69) is 24.8 Å². The Bertz CT molecular complexity index is 466. The number of ether oxygens (including phenoxy) is 1. The summed E-state index contributed by atoms with van der Waals surface area (Å²) < 4.78 is 5.67. The Morgan fingerprint density at radius 2 is 2.35 bits per heavy atom. The minimum Gasteiger partial charge on any atom is -0.494 e. The smallest absolute Gasteiger partial charge is 0.124 e. The van der Waals surface area contributed by atoms with Crippen LogP contribution in [-0.4, -0.2) is 24.6 Å². The summed E-state index contributed by atoms with van der Waals surface area (Å²) in [4.78, 5) is 2.30. The number of hydrogen-bond donors (Lipinski definition) is 0. The zero-order valence-electron chi connectivity index (χ0n) is 12.5. The second-order valence-electron chi connectivity index (χ2n) is 5.69. The summed E-state index contributed by atoms with van der Waals surface area (Å²) >= 11 is 0. The summed E-state index contributed by atoms with van der Waals surface area (Å²) in [6, 6.07) is 10.3. The number of benzene rings is 1. The number of piperidine rings is 1. The number of hydrogen-bond acceptors (Lipinski definition) is 3. The van der Waals surface area contributed by atoms with E-state index in [0.29, 0.717) is 5.92 Å². The fourth-order valence-electron chi connectivity index (χ4n) is 2.82. The molecule has 0 radical (unpaired) electrons. The van der Waals surface area contributed by atoms with Gasteiger partial charge in [0.15, 0.2) is 0 Å². The molecule has 1 aromatic carbocycles.